The van der Waals surface area contributed by atoms with Crippen LogP contribution in [-0.4, -0.2) is 65.2 Å². The van der Waals surface area contributed by atoms with Gasteiger partial charge in [-0.05, 0) is 31.0 Å². The highest BCUT2D eigenvalue weighted by atomic mass is 19.4. The molecular formula is C20H21F3N8O. The molecule has 0 saturated carbocycles. The Kier molecular flexibility index (Phi) is 4.88. The molecule has 1 aliphatic heterocycles. The maximum atomic E-state index is 13.4. The molecule has 4 aromatic heterocycles. The van der Waals surface area contributed by atoms with Crippen LogP contribution in [0.5, 0.6) is 0 Å². The third-order valence-electron chi connectivity index (χ3n) is 5.58. The number of β-amino-alcohol motifs (C(OH)–C–C–N with tert-alkyl or cyclic N) is 1. The molecule has 32 heavy (non-hydrogen) atoms. The van der Waals surface area contributed by atoms with E-state index in [1.54, 1.807) is 36.1 Å². The predicted octanol–water partition coefficient (Wildman–Crippen LogP) is 2.75. The molecule has 12 heteroatoms. The number of nitrogens with one attached hydrogen (secondary N) is 1. The number of nitrogens with zero attached hydrogens (tertiary/aromatic N) is 7. The summed E-state index contributed by atoms with van der Waals surface area (Å²) in [7, 11) is 1.77. The first kappa shape index (κ1) is 20.5. The number of hydrogen-bond donors (Lipinski definition) is 2. The molecule has 1 saturated heterocycles. The van der Waals surface area contributed by atoms with E-state index < -0.39 is 18.8 Å². The Labute approximate surface area is 180 Å². The van der Waals surface area contributed by atoms with Crippen molar-refractivity contribution >= 4 is 16.7 Å². The minimum Gasteiger partial charge on any atom is -0.391 e. The quantitative estimate of drug-likeness (QED) is 0.500. The van der Waals surface area contributed by atoms with Gasteiger partial charge in [-0.2, -0.15) is 28.5 Å². The number of H-pyrrole nitrogens is 1. The molecule has 0 amide bonds. The highest BCUT2D eigenvalue weighted by Crippen LogP contribution is 2.37. The van der Waals surface area contributed by atoms with Gasteiger partial charge in [-0.1, -0.05) is 0 Å². The summed E-state index contributed by atoms with van der Waals surface area (Å²) in [4.78, 5) is 6.62. The second-order valence-electron chi connectivity index (χ2n) is 7.90. The van der Waals surface area contributed by atoms with Gasteiger partial charge in [0.1, 0.15) is 23.3 Å². The maximum Gasteiger partial charge on any atom is 0.408 e. The molecule has 1 aliphatic rings. The number of aromatic nitrogens is 7. The number of halogens is 3. The van der Waals surface area contributed by atoms with Crippen LogP contribution in [0.3, 0.4) is 0 Å². The van der Waals surface area contributed by atoms with E-state index in [1.807, 2.05) is 4.90 Å². The molecule has 5 rings (SSSR count). The van der Waals surface area contributed by atoms with E-state index in [1.165, 1.54) is 6.20 Å². The Morgan fingerprint density at radius 3 is 2.75 bits per heavy atom. The van der Waals surface area contributed by atoms with Crippen molar-refractivity contribution < 1.29 is 18.3 Å². The van der Waals surface area contributed by atoms with Crippen molar-refractivity contribution in [2.75, 3.05) is 18.0 Å². The number of pyridine rings is 1. The van der Waals surface area contributed by atoms with Crippen LogP contribution >= 0.6 is 0 Å². The van der Waals surface area contributed by atoms with Crippen LogP contribution in [-0.2, 0) is 13.6 Å². The number of piperidine rings is 1. The largest absolute Gasteiger partial charge is 0.408 e. The molecule has 9 nitrogen and oxygen atoms in total. The molecular weight excluding hydrogens is 425 g/mol. The summed E-state index contributed by atoms with van der Waals surface area (Å²) in [6.45, 7) is -0.327. The SMILES string of the molecule is Cn1nccc1-c1cc(N2CCC[C@@H](O)C2)c2c(n1)c(-c1ccn[nH]1)nn2CC(F)(F)F. The summed E-state index contributed by atoms with van der Waals surface area (Å²) in [5.74, 6) is 0. The predicted molar refractivity (Wildman–Crippen MR) is 111 cm³/mol. The number of aryl methyl sites for hydroxylation is 1. The number of alkyl halides is 3. The molecule has 1 fully saturated rings. The first-order chi connectivity index (χ1) is 15.3. The molecule has 0 unspecified atom stereocenters. The van der Waals surface area contributed by atoms with Crippen LogP contribution < -0.4 is 4.90 Å². The zero-order valence-electron chi connectivity index (χ0n) is 17.2. The van der Waals surface area contributed by atoms with Gasteiger partial charge in [0.25, 0.3) is 0 Å². The summed E-state index contributed by atoms with van der Waals surface area (Å²) in [6, 6.07) is 5.18. The van der Waals surface area contributed by atoms with E-state index in [2.05, 4.69) is 20.4 Å². The molecule has 0 radical (unpaired) electrons. The average Bonchev–Trinajstić information content (AvgIpc) is 3.47. The molecule has 0 aromatic carbocycles. The number of aliphatic hydroxyl groups excluding tert-OH is 1. The van der Waals surface area contributed by atoms with E-state index in [-0.39, 0.29) is 11.2 Å². The molecule has 168 valence electrons. The highest BCUT2D eigenvalue weighted by Gasteiger charge is 2.33. The van der Waals surface area contributed by atoms with Crippen molar-refractivity contribution in [1.29, 1.82) is 0 Å². The normalized spacial score (nSPS) is 17.4. The van der Waals surface area contributed by atoms with Crippen LogP contribution in [0.4, 0.5) is 18.9 Å². The lowest BCUT2D eigenvalue weighted by molar-refractivity contribution is -0.141. The minimum atomic E-state index is -4.47. The van der Waals surface area contributed by atoms with Crippen molar-refractivity contribution in [2.45, 2.75) is 31.7 Å². The minimum absolute atomic E-state index is 0.270. The standard InChI is InChI=1S/C20H21F3N8O/c1-29-15(5-7-25-29)14-9-16(30-8-2-3-12(32)10-30)19-18(26-14)17(13-4-6-24-27-13)28-31(19)11-20(21,22)23/h4-7,9,12,32H,2-3,8,10-11H2,1H3,(H,24,27)/t12-/m1/s1. The topological polar surface area (TPSA) is 101 Å². The number of aliphatic hydroxyl groups is 1. The number of rotatable bonds is 4. The van der Waals surface area contributed by atoms with Crippen LogP contribution in [0.2, 0.25) is 0 Å². The molecule has 1 atom stereocenters. The summed E-state index contributed by atoms with van der Waals surface area (Å²) < 4.78 is 42.9. The third-order valence-corrected chi connectivity index (χ3v) is 5.58. The van der Waals surface area contributed by atoms with Crippen LogP contribution in [0.15, 0.2) is 30.6 Å². The van der Waals surface area contributed by atoms with E-state index in [4.69, 9.17) is 4.98 Å². The fourth-order valence-corrected chi connectivity index (χ4v) is 4.19. The summed E-state index contributed by atoms with van der Waals surface area (Å²) in [5, 5.41) is 25.4. The Morgan fingerprint density at radius 2 is 2.09 bits per heavy atom. The zero-order chi connectivity index (χ0) is 22.5. The monoisotopic (exact) mass is 446 g/mol. The van der Waals surface area contributed by atoms with Gasteiger partial charge in [0.15, 0.2) is 0 Å². The van der Waals surface area contributed by atoms with Crippen molar-refractivity contribution in [3.8, 4) is 22.8 Å². The van der Waals surface area contributed by atoms with Crippen LogP contribution in [0, 0.1) is 0 Å². The Bertz CT molecular complexity index is 1240. The van der Waals surface area contributed by atoms with Gasteiger partial charge in [-0.15, -0.1) is 0 Å². The fourth-order valence-electron chi connectivity index (χ4n) is 4.19. The van der Waals surface area contributed by atoms with Crippen molar-refractivity contribution in [2.24, 2.45) is 7.05 Å². The van der Waals surface area contributed by atoms with Gasteiger partial charge in [0.2, 0.25) is 0 Å². The summed E-state index contributed by atoms with van der Waals surface area (Å²) >= 11 is 0. The third kappa shape index (κ3) is 3.70. The molecule has 5 heterocycles. The second-order valence-corrected chi connectivity index (χ2v) is 7.90. The van der Waals surface area contributed by atoms with Gasteiger partial charge < -0.3 is 10.0 Å². The number of fused-ring (bicyclic) bond motifs is 1. The Morgan fingerprint density at radius 1 is 1.25 bits per heavy atom. The first-order valence-corrected chi connectivity index (χ1v) is 10.2. The highest BCUT2D eigenvalue weighted by molar-refractivity contribution is 5.98. The van der Waals surface area contributed by atoms with Crippen molar-refractivity contribution in [1.82, 2.24) is 34.7 Å². The van der Waals surface area contributed by atoms with Gasteiger partial charge in [-0.3, -0.25) is 14.5 Å². The lowest BCUT2D eigenvalue weighted by Crippen LogP contribution is -2.38. The molecule has 0 spiro atoms. The lowest BCUT2D eigenvalue weighted by atomic mass is 10.1. The van der Waals surface area contributed by atoms with Gasteiger partial charge in [0, 0.05) is 32.5 Å². The zero-order valence-corrected chi connectivity index (χ0v) is 17.2. The van der Waals surface area contributed by atoms with E-state index in [0.29, 0.717) is 47.8 Å². The van der Waals surface area contributed by atoms with Gasteiger partial charge >= 0.3 is 6.18 Å². The smallest absolute Gasteiger partial charge is 0.391 e. The maximum absolute atomic E-state index is 13.4. The summed E-state index contributed by atoms with van der Waals surface area (Å²) in [6.07, 6.45) is -0.500. The van der Waals surface area contributed by atoms with E-state index >= 15 is 0 Å². The lowest BCUT2D eigenvalue weighted by Gasteiger charge is -2.32. The average molecular weight is 446 g/mol. The molecule has 4 aromatic rings. The molecule has 0 bridgehead atoms. The van der Waals surface area contributed by atoms with Crippen LogP contribution in [0.25, 0.3) is 33.8 Å². The van der Waals surface area contributed by atoms with E-state index in [0.717, 1.165) is 11.1 Å². The molecule has 2 N–H and O–H groups in total. The number of aromatic amines is 1. The van der Waals surface area contributed by atoms with Crippen LogP contribution in [0.1, 0.15) is 12.8 Å². The number of hydrogen-bond acceptors (Lipinski definition) is 6. The summed E-state index contributed by atoms with van der Waals surface area (Å²) in [5.41, 5.74) is 3.16. The van der Waals surface area contributed by atoms with Crippen molar-refractivity contribution in [3.05, 3.63) is 30.6 Å². The molecule has 0 aliphatic carbocycles. The second kappa shape index (κ2) is 7.62. The number of anilines is 1. The van der Waals surface area contributed by atoms with Gasteiger partial charge in [0.05, 0.1) is 28.9 Å². The fraction of sp³-hybridized carbons (Fsp3) is 0.400. The van der Waals surface area contributed by atoms with Gasteiger partial charge in [-0.25, -0.2) is 4.98 Å². The Balaban J connectivity index is 1.80. The van der Waals surface area contributed by atoms with E-state index in [9.17, 15) is 18.3 Å². The van der Waals surface area contributed by atoms with Crippen molar-refractivity contribution in [3.63, 3.8) is 0 Å². The first-order valence-electron chi connectivity index (χ1n) is 10.2. The Hall–Kier alpha value is -3.41.